The number of halogens is 1. The number of nitrogens with one attached hydrogen (secondary N) is 1. The minimum atomic E-state index is 0. The van der Waals surface area contributed by atoms with Crippen LogP contribution < -0.4 is 10.1 Å². The maximum Gasteiger partial charge on any atom is 0.230 e. The Morgan fingerprint density at radius 1 is 1.14 bits per heavy atom. The van der Waals surface area contributed by atoms with Crippen LogP contribution in [0.4, 0.5) is 5.69 Å². The molecule has 1 heterocycles. The number of thiazole rings is 1. The van der Waals surface area contributed by atoms with Crippen LogP contribution in [-0.4, -0.2) is 16.0 Å². The predicted octanol–water partition coefficient (Wildman–Crippen LogP) is 4.87. The van der Waals surface area contributed by atoms with Crippen LogP contribution in [0.1, 0.15) is 49.8 Å². The molecule has 0 saturated heterocycles. The summed E-state index contributed by atoms with van der Waals surface area (Å²) in [6.07, 6.45) is 8.54. The number of nitrogens with zero attached hydrogens (tertiary/aromatic N) is 2. The second-order valence-corrected chi connectivity index (χ2v) is 10.2. The molecule has 156 valence electrons. The maximum atomic E-state index is 12.5. The quantitative estimate of drug-likeness (QED) is 0.737. The van der Waals surface area contributed by atoms with Crippen LogP contribution in [-0.2, 0) is 18.3 Å². The van der Waals surface area contributed by atoms with Crippen molar-refractivity contribution in [3.8, 4) is 0 Å². The second-order valence-electron chi connectivity index (χ2n) is 9.41. The number of amides is 1. The van der Waals surface area contributed by atoms with Gasteiger partial charge in [0, 0.05) is 23.8 Å². The van der Waals surface area contributed by atoms with Crippen LogP contribution in [0, 0.1) is 24.7 Å². The number of hydrogen-bond acceptors (Lipinski definition) is 3. The van der Waals surface area contributed by atoms with E-state index in [0.717, 1.165) is 33.9 Å². The highest BCUT2D eigenvalue weighted by atomic mass is 35.5. The largest absolute Gasteiger partial charge is 0.326 e. The summed E-state index contributed by atoms with van der Waals surface area (Å²) < 4.78 is 2.14. The van der Waals surface area contributed by atoms with E-state index >= 15 is 0 Å². The molecule has 1 N–H and O–H groups in total. The van der Waals surface area contributed by atoms with Crippen LogP contribution in [0.2, 0.25) is 0 Å². The van der Waals surface area contributed by atoms with Crippen molar-refractivity contribution >= 4 is 35.3 Å². The number of anilines is 1. The monoisotopic (exact) mass is 431 g/mol. The van der Waals surface area contributed by atoms with Crippen molar-refractivity contribution in [1.82, 2.24) is 4.57 Å². The zero-order valence-electron chi connectivity index (χ0n) is 17.2. The van der Waals surface area contributed by atoms with E-state index in [2.05, 4.69) is 22.3 Å². The average Bonchev–Trinajstić information content (AvgIpc) is 2.95. The topological polar surface area (TPSA) is 46.4 Å². The van der Waals surface area contributed by atoms with E-state index in [9.17, 15) is 4.79 Å². The third kappa shape index (κ3) is 4.17. The summed E-state index contributed by atoms with van der Waals surface area (Å²) in [6.45, 7) is 2.05. The SMILES string of the molecule is Cc1ccc(NC(=O)Cc2csc(=NC34CC5CC(CC(C5)C3)C4)n2C)cc1.Cl. The highest BCUT2D eigenvalue weighted by Crippen LogP contribution is 2.57. The maximum absolute atomic E-state index is 12.5. The third-order valence-corrected chi connectivity index (χ3v) is 8.00. The Labute approximate surface area is 182 Å². The highest BCUT2D eigenvalue weighted by molar-refractivity contribution is 7.07. The molecule has 4 nitrogen and oxygen atoms in total. The molecule has 4 fully saturated rings. The lowest BCUT2D eigenvalue weighted by molar-refractivity contribution is -0.115. The molecule has 4 bridgehead atoms. The summed E-state index contributed by atoms with van der Waals surface area (Å²) >= 11 is 1.69. The average molecular weight is 432 g/mol. The van der Waals surface area contributed by atoms with Crippen LogP contribution in [0.5, 0.6) is 0 Å². The lowest BCUT2D eigenvalue weighted by Crippen LogP contribution is -2.50. The Hall–Kier alpha value is -1.59. The molecule has 1 aromatic carbocycles. The molecule has 0 spiro atoms. The van der Waals surface area contributed by atoms with E-state index in [4.69, 9.17) is 4.99 Å². The zero-order chi connectivity index (χ0) is 19.3. The fraction of sp³-hybridized carbons (Fsp3) is 0.565. The van der Waals surface area contributed by atoms with Crippen molar-refractivity contribution in [2.24, 2.45) is 29.8 Å². The highest BCUT2D eigenvalue weighted by Gasteiger charge is 2.51. The van der Waals surface area contributed by atoms with Gasteiger partial charge in [0.15, 0.2) is 4.80 Å². The van der Waals surface area contributed by atoms with Gasteiger partial charge in [-0.3, -0.25) is 9.79 Å². The van der Waals surface area contributed by atoms with Crippen molar-refractivity contribution in [2.75, 3.05) is 5.32 Å². The van der Waals surface area contributed by atoms with Gasteiger partial charge in [0.25, 0.3) is 0 Å². The van der Waals surface area contributed by atoms with Crippen LogP contribution in [0.15, 0.2) is 34.6 Å². The number of benzene rings is 1. The van der Waals surface area contributed by atoms with Gasteiger partial charge in [0.1, 0.15) is 0 Å². The number of hydrogen-bond donors (Lipinski definition) is 1. The van der Waals surface area contributed by atoms with Gasteiger partial charge in [0.2, 0.25) is 5.91 Å². The van der Waals surface area contributed by atoms with Gasteiger partial charge in [0.05, 0.1) is 12.0 Å². The fourth-order valence-electron chi connectivity index (χ4n) is 6.07. The summed E-state index contributed by atoms with van der Waals surface area (Å²) in [7, 11) is 2.06. The Balaban J connectivity index is 0.00000205. The van der Waals surface area contributed by atoms with Crippen LogP contribution >= 0.6 is 23.7 Å². The molecule has 2 aromatic rings. The normalized spacial score (nSPS) is 30.3. The molecule has 29 heavy (non-hydrogen) atoms. The summed E-state index contributed by atoms with van der Waals surface area (Å²) in [6, 6.07) is 7.94. The number of aryl methyl sites for hydroxylation is 1. The van der Waals surface area contributed by atoms with E-state index in [1.165, 1.54) is 44.1 Å². The molecular formula is C23H30ClN3OS. The number of rotatable bonds is 4. The summed E-state index contributed by atoms with van der Waals surface area (Å²) in [5, 5.41) is 5.11. The third-order valence-electron chi connectivity index (χ3n) is 7.03. The molecule has 6 heteroatoms. The Bertz CT molecular complexity index is 924. The number of aromatic nitrogens is 1. The van der Waals surface area contributed by atoms with E-state index in [1.807, 2.05) is 31.2 Å². The van der Waals surface area contributed by atoms with Crippen LogP contribution in [0.3, 0.4) is 0 Å². The molecule has 4 saturated carbocycles. The number of carbonyl (C=O) groups is 1. The van der Waals surface area contributed by atoms with Gasteiger partial charge in [-0.05, 0) is 75.3 Å². The first kappa shape index (κ1) is 20.7. The summed E-state index contributed by atoms with van der Waals surface area (Å²) in [5.74, 6) is 2.73. The first-order valence-electron chi connectivity index (χ1n) is 10.5. The molecule has 0 atom stereocenters. The molecule has 0 aliphatic heterocycles. The molecule has 1 amide bonds. The Kier molecular flexibility index (Phi) is 5.64. The van der Waals surface area contributed by atoms with Gasteiger partial charge in [-0.15, -0.1) is 23.7 Å². The lowest BCUT2D eigenvalue weighted by atomic mass is 9.53. The first-order chi connectivity index (χ1) is 13.5. The molecule has 0 unspecified atom stereocenters. The second kappa shape index (κ2) is 7.92. The van der Waals surface area contributed by atoms with Crippen molar-refractivity contribution < 1.29 is 4.79 Å². The smallest absolute Gasteiger partial charge is 0.230 e. The predicted molar refractivity (Wildman–Crippen MR) is 121 cm³/mol. The van der Waals surface area contributed by atoms with Crippen LogP contribution in [0.25, 0.3) is 0 Å². The van der Waals surface area contributed by atoms with Crippen molar-refractivity contribution in [1.29, 1.82) is 0 Å². The van der Waals surface area contributed by atoms with Crippen molar-refractivity contribution in [2.45, 2.75) is 57.4 Å². The summed E-state index contributed by atoms with van der Waals surface area (Å²) in [5.41, 5.74) is 3.27. The lowest BCUT2D eigenvalue weighted by Gasteiger charge is -2.54. The minimum absolute atomic E-state index is 0. The molecule has 6 rings (SSSR count). The van der Waals surface area contributed by atoms with Gasteiger partial charge >= 0.3 is 0 Å². The Morgan fingerprint density at radius 2 is 1.72 bits per heavy atom. The molecule has 0 radical (unpaired) electrons. The zero-order valence-corrected chi connectivity index (χ0v) is 18.8. The van der Waals surface area contributed by atoms with E-state index < -0.39 is 0 Å². The van der Waals surface area contributed by atoms with Crippen molar-refractivity contribution in [3.63, 3.8) is 0 Å². The molecule has 4 aliphatic rings. The van der Waals surface area contributed by atoms with Gasteiger partial charge in [-0.1, -0.05) is 17.7 Å². The molecule has 1 aromatic heterocycles. The molecule has 4 aliphatic carbocycles. The van der Waals surface area contributed by atoms with E-state index in [0.29, 0.717) is 6.42 Å². The number of carbonyl (C=O) groups excluding carboxylic acids is 1. The summed E-state index contributed by atoms with van der Waals surface area (Å²) in [4.78, 5) is 18.9. The Morgan fingerprint density at radius 3 is 2.31 bits per heavy atom. The fourth-order valence-corrected chi connectivity index (χ4v) is 7.08. The van der Waals surface area contributed by atoms with Gasteiger partial charge in [-0.25, -0.2) is 0 Å². The van der Waals surface area contributed by atoms with Crippen molar-refractivity contribution in [3.05, 3.63) is 45.7 Å². The van der Waals surface area contributed by atoms with Gasteiger partial charge in [-0.2, -0.15) is 0 Å². The van der Waals surface area contributed by atoms with E-state index in [-0.39, 0.29) is 23.9 Å². The minimum Gasteiger partial charge on any atom is -0.326 e. The molecular weight excluding hydrogens is 402 g/mol. The standard InChI is InChI=1S/C23H29N3OS.ClH/c1-15-3-5-19(6-4-15)24-21(27)10-20-14-28-22(26(20)2)25-23-11-16-7-17(12-23)9-18(8-16)13-23;/h3-6,14,16-18H,7-13H2,1-2H3,(H,24,27);1H. The first-order valence-corrected chi connectivity index (χ1v) is 11.4. The van der Waals surface area contributed by atoms with Gasteiger partial charge < -0.3 is 9.88 Å². The van der Waals surface area contributed by atoms with E-state index in [1.54, 1.807) is 11.3 Å².